The summed E-state index contributed by atoms with van der Waals surface area (Å²) in [6.07, 6.45) is 5.73. The van der Waals surface area contributed by atoms with Crippen molar-refractivity contribution in [3.05, 3.63) is 35.8 Å². The molecule has 3 N–H and O–H groups in total. The minimum atomic E-state index is -0.184. The smallest absolute Gasteiger partial charge is 0.123 e. The molecule has 0 amide bonds. The van der Waals surface area contributed by atoms with Crippen LogP contribution in [0.15, 0.2) is 24.4 Å². The minimum Gasteiger partial charge on any atom is -0.361 e. The Bertz CT molecular complexity index is 649. The number of rotatable bonds is 5. The Morgan fingerprint density at radius 2 is 2.17 bits per heavy atom. The van der Waals surface area contributed by atoms with Gasteiger partial charge < -0.3 is 10.7 Å². The quantitative estimate of drug-likeness (QED) is 0.879. The molecule has 0 saturated carbocycles. The number of halogens is 1. The predicted molar refractivity (Wildman–Crippen MR) is 94.1 cm³/mol. The highest BCUT2D eigenvalue weighted by Crippen LogP contribution is 2.34. The summed E-state index contributed by atoms with van der Waals surface area (Å²) in [5.41, 5.74) is 8.34. The summed E-state index contributed by atoms with van der Waals surface area (Å²) in [4.78, 5) is 5.89. The Labute approximate surface area is 138 Å². The van der Waals surface area contributed by atoms with Crippen LogP contribution in [0.4, 0.5) is 4.39 Å². The lowest BCUT2D eigenvalue weighted by molar-refractivity contribution is 0.113. The van der Waals surface area contributed by atoms with Crippen molar-refractivity contribution < 1.29 is 4.39 Å². The van der Waals surface area contributed by atoms with Crippen LogP contribution in [0, 0.1) is 11.7 Å². The number of nitrogens with two attached hydrogens (primary N) is 1. The fourth-order valence-electron chi connectivity index (χ4n) is 4.08. The third-order valence-electron chi connectivity index (χ3n) is 5.06. The highest BCUT2D eigenvalue weighted by atomic mass is 19.1. The van der Waals surface area contributed by atoms with Crippen molar-refractivity contribution in [2.45, 2.75) is 45.1 Å². The van der Waals surface area contributed by atoms with Crippen molar-refractivity contribution in [1.82, 2.24) is 9.88 Å². The number of fused-ring (bicyclic) bond motifs is 1. The molecule has 2 unspecified atom stereocenters. The number of nitrogens with one attached hydrogen (secondary N) is 1. The van der Waals surface area contributed by atoms with Crippen LogP contribution in [0.2, 0.25) is 0 Å². The highest BCUT2D eigenvalue weighted by Gasteiger charge is 2.31. The molecule has 1 aromatic carbocycles. The molecule has 1 aromatic heterocycles. The van der Waals surface area contributed by atoms with Crippen molar-refractivity contribution in [1.29, 1.82) is 0 Å². The van der Waals surface area contributed by atoms with Crippen molar-refractivity contribution in [3.63, 3.8) is 0 Å². The molecule has 3 rings (SSSR count). The molecule has 0 bridgehead atoms. The third-order valence-corrected chi connectivity index (χ3v) is 5.06. The second kappa shape index (κ2) is 7.02. The molecule has 126 valence electrons. The lowest BCUT2D eigenvalue weighted by atomic mass is 9.84. The van der Waals surface area contributed by atoms with Crippen LogP contribution in [0.3, 0.4) is 0 Å². The Balaban J connectivity index is 1.94. The van der Waals surface area contributed by atoms with Gasteiger partial charge in [0.05, 0.1) is 0 Å². The molecule has 1 aliphatic rings. The monoisotopic (exact) mass is 317 g/mol. The highest BCUT2D eigenvalue weighted by molar-refractivity contribution is 5.83. The molecule has 2 atom stereocenters. The second-order valence-electron chi connectivity index (χ2n) is 7.23. The van der Waals surface area contributed by atoms with E-state index >= 15 is 0 Å². The lowest BCUT2D eigenvalue weighted by Crippen LogP contribution is -2.46. The van der Waals surface area contributed by atoms with E-state index in [0.29, 0.717) is 18.5 Å². The fraction of sp³-hybridized carbons (Fsp3) is 0.579. The lowest BCUT2D eigenvalue weighted by Gasteiger charge is -2.41. The number of benzene rings is 1. The minimum absolute atomic E-state index is 0.184. The van der Waals surface area contributed by atoms with E-state index < -0.39 is 0 Å². The van der Waals surface area contributed by atoms with Gasteiger partial charge in [-0.25, -0.2) is 4.39 Å². The van der Waals surface area contributed by atoms with Crippen molar-refractivity contribution >= 4 is 10.9 Å². The molecule has 4 heteroatoms. The standard InChI is InChI=1S/C19H28FN3/c1-13(2)12-23-8-4-3-5-19(23)16(10-21)17-11-22-18-7-6-14(20)9-15(17)18/h6-7,9,11,13,16,19,22H,3-5,8,10,12,21H2,1-2H3. The van der Waals surface area contributed by atoms with E-state index in [0.717, 1.165) is 24.0 Å². The average Bonchev–Trinajstić information content (AvgIpc) is 2.92. The molecule has 2 aromatic rings. The fourth-order valence-corrected chi connectivity index (χ4v) is 4.08. The van der Waals surface area contributed by atoms with E-state index in [1.807, 2.05) is 12.3 Å². The van der Waals surface area contributed by atoms with Crippen LogP contribution in [0.1, 0.15) is 44.6 Å². The molecule has 1 fully saturated rings. The van der Waals surface area contributed by atoms with Crippen LogP contribution in [-0.4, -0.2) is 35.6 Å². The largest absolute Gasteiger partial charge is 0.361 e. The predicted octanol–water partition coefficient (Wildman–Crippen LogP) is 3.86. The molecule has 0 aliphatic carbocycles. The maximum Gasteiger partial charge on any atom is 0.123 e. The van der Waals surface area contributed by atoms with Gasteiger partial charge in [0.15, 0.2) is 0 Å². The van der Waals surface area contributed by atoms with Gasteiger partial charge in [0, 0.05) is 42.1 Å². The molecule has 0 radical (unpaired) electrons. The molecule has 3 nitrogen and oxygen atoms in total. The first-order chi connectivity index (χ1) is 11.1. The van der Waals surface area contributed by atoms with Gasteiger partial charge in [-0.3, -0.25) is 4.90 Å². The number of hydrogen-bond acceptors (Lipinski definition) is 2. The van der Waals surface area contributed by atoms with E-state index in [9.17, 15) is 4.39 Å². The van der Waals surface area contributed by atoms with Crippen molar-refractivity contribution in [2.75, 3.05) is 19.6 Å². The Kier molecular flexibility index (Phi) is 5.02. The van der Waals surface area contributed by atoms with Crippen molar-refractivity contribution in [2.24, 2.45) is 11.7 Å². The number of hydrogen-bond donors (Lipinski definition) is 2. The summed E-state index contributed by atoms with van der Waals surface area (Å²) < 4.78 is 13.7. The zero-order valence-corrected chi connectivity index (χ0v) is 14.2. The van der Waals surface area contributed by atoms with E-state index in [4.69, 9.17) is 5.73 Å². The Hall–Kier alpha value is -1.39. The van der Waals surface area contributed by atoms with Gasteiger partial charge >= 0.3 is 0 Å². The third kappa shape index (κ3) is 3.43. The normalized spacial score (nSPS) is 21.2. The summed E-state index contributed by atoms with van der Waals surface area (Å²) in [5, 5.41) is 0.982. The first-order valence-corrected chi connectivity index (χ1v) is 8.80. The summed E-state index contributed by atoms with van der Waals surface area (Å²) in [5.74, 6) is 0.718. The van der Waals surface area contributed by atoms with E-state index in [1.54, 1.807) is 6.07 Å². The Morgan fingerprint density at radius 3 is 2.91 bits per heavy atom. The number of aromatic nitrogens is 1. The van der Waals surface area contributed by atoms with Gasteiger partial charge in [-0.15, -0.1) is 0 Å². The average molecular weight is 317 g/mol. The maximum absolute atomic E-state index is 13.7. The van der Waals surface area contributed by atoms with Crippen LogP contribution >= 0.6 is 0 Å². The number of H-pyrrole nitrogens is 1. The van der Waals surface area contributed by atoms with Gasteiger partial charge in [-0.1, -0.05) is 20.3 Å². The first kappa shape index (κ1) is 16.5. The van der Waals surface area contributed by atoms with E-state index in [1.165, 1.54) is 30.9 Å². The number of likely N-dealkylation sites (tertiary alicyclic amines) is 1. The molecular weight excluding hydrogens is 289 g/mol. The summed E-state index contributed by atoms with van der Waals surface area (Å²) >= 11 is 0. The number of piperidine rings is 1. The van der Waals surface area contributed by atoms with Gasteiger partial charge in [0.1, 0.15) is 5.82 Å². The molecule has 23 heavy (non-hydrogen) atoms. The number of nitrogens with zero attached hydrogens (tertiary/aromatic N) is 1. The van der Waals surface area contributed by atoms with E-state index in [2.05, 4.69) is 23.7 Å². The Morgan fingerprint density at radius 1 is 1.35 bits per heavy atom. The van der Waals surface area contributed by atoms with E-state index in [-0.39, 0.29) is 11.7 Å². The zero-order valence-electron chi connectivity index (χ0n) is 14.2. The second-order valence-corrected chi connectivity index (χ2v) is 7.23. The summed E-state index contributed by atoms with van der Waals surface area (Å²) in [7, 11) is 0. The molecule has 1 aliphatic heterocycles. The van der Waals surface area contributed by atoms with Crippen LogP contribution in [0.5, 0.6) is 0 Å². The van der Waals surface area contributed by atoms with Crippen LogP contribution in [0.25, 0.3) is 10.9 Å². The molecule has 0 spiro atoms. The summed E-state index contributed by atoms with van der Waals surface area (Å²) in [6.45, 7) is 7.39. The van der Waals surface area contributed by atoms with Crippen LogP contribution in [-0.2, 0) is 0 Å². The van der Waals surface area contributed by atoms with Gasteiger partial charge in [-0.2, -0.15) is 0 Å². The zero-order chi connectivity index (χ0) is 16.4. The first-order valence-electron chi connectivity index (χ1n) is 8.80. The SMILES string of the molecule is CC(C)CN1CCCCC1C(CN)c1c[nH]c2ccc(F)cc12. The van der Waals surface area contributed by atoms with Gasteiger partial charge in [0.25, 0.3) is 0 Å². The maximum atomic E-state index is 13.7. The van der Waals surface area contributed by atoms with Crippen LogP contribution < -0.4 is 5.73 Å². The number of aromatic amines is 1. The van der Waals surface area contributed by atoms with Crippen molar-refractivity contribution in [3.8, 4) is 0 Å². The van der Waals surface area contributed by atoms with Gasteiger partial charge in [0.2, 0.25) is 0 Å². The molecular formula is C19H28FN3. The van der Waals surface area contributed by atoms with Gasteiger partial charge in [-0.05, 0) is 49.1 Å². The molecule has 2 heterocycles. The topological polar surface area (TPSA) is 45.0 Å². The molecule has 1 saturated heterocycles. The summed E-state index contributed by atoms with van der Waals surface area (Å²) in [6, 6.07) is 5.41.